The molecule has 0 N–H and O–H groups in total. The smallest absolute Gasteiger partial charge is 0.0408 e. The van der Waals surface area contributed by atoms with Crippen molar-refractivity contribution in [1.82, 2.24) is 0 Å². The lowest BCUT2D eigenvalue weighted by Crippen LogP contribution is -1.94. The van der Waals surface area contributed by atoms with E-state index in [0.29, 0.717) is 0 Å². The molecule has 152 valence electrons. The molecule has 6 aromatic carbocycles. The van der Waals surface area contributed by atoms with E-state index in [1.165, 1.54) is 54.6 Å². The van der Waals surface area contributed by atoms with E-state index in [1.807, 2.05) is 0 Å². The number of hydrogen-bond donors (Lipinski definition) is 0. The Morgan fingerprint density at radius 1 is 0.344 bits per heavy atom. The molecule has 0 saturated heterocycles. The van der Waals surface area contributed by atoms with Gasteiger partial charge in [-0.1, -0.05) is 109 Å². The van der Waals surface area contributed by atoms with Crippen LogP contribution in [-0.2, 0) is 0 Å². The summed E-state index contributed by atoms with van der Waals surface area (Å²) >= 11 is 7.98. The summed E-state index contributed by atoms with van der Waals surface area (Å²) in [6.45, 7) is 0. The molecular weight excluding hydrogens is 520 g/mol. The van der Waals surface area contributed by atoms with E-state index >= 15 is 0 Å². The molecule has 2 heteroatoms. The summed E-state index contributed by atoms with van der Waals surface area (Å²) in [7, 11) is 0. The van der Waals surface area contributed by atoms with Crippen molar-refractivity contribution in [2.24, 2.45) is 0 Å². The highest BCUT2D eigenvalue weighted by Crippen LogP contribution is 2.51. The molecule has 0 fully saturated rings. The number of benzene rings is 6. The first-order valence-electron chi connectivity index (χ1n) is 10.6. The maximum atomic E-state index is 3.99. The number of rotatable bonds is 2. The number of fused-ring (bicyclic) bond motifs is 6. The van der Waals surface area contributed by atoms with Gasteiger partial charge in [-0.15, -0.1) is 0 Å². The highest BCUT2D eigenvalue weighted by molar-refractivity contribution is 9.13. The minimum Gasteiger partial charge on any atom is -0.0622 e. The van der Waals surface area contributed by atoms with Gasteiger partial charge in [0, 0.05) is 20.1 Å². The summed E-state index contributed by atoms with van der Waals surface area (Å²) < 4.78 is 2.16. The van der Waals surface area contributed by atoms with Gasteiger partial charge in [-0.2, -0.15) is 0 Å². The topological polar surface area (TPSA) is 0 Å². The van der Waals surface area contributed by atoms with E-state index in [9.17, 15) is 0 Å². The largest absolute Gasteiger partial charge is 0.0622 e. The summed E-state index contributed by atoms with van der Waals surface area (Å²) in [4.78, 5) is 0. The average Bonchev–Trinajstić information content (AvgIpc) is 2.86. The van der Waals surface area contributed by atoms with Crippen molar-refractivity contribution in [1.29, 1.82) is 0 Å². The monoisotopic (exact) mass is 536 g/mol. The molecule has 0 spiro atoms. The molecule has 0 bridgehead atoms. The maximum Gasteiger partial charge on any atom is 0.0408 e. The third kappa shape index (κ3) is 2.94. The molecular formula is C30H18Br2. The number of hydrogen-bond acceptors (Lipinski definition) is 0. The van der Waals surface area contributed by atoms with Gasteiger partial charge in [0.2, 0.25) is 0 Å². The molecule has 0 unspecified atom stereocenters. The normalized spacial score (nSPS) is 11.4. The molecule has 6 rings (SSSR count). The quantitative estimate of drug-likeness (QED) is 0.193. The van der Waals surface area contributed by atoms with Crippen LogP contribution in [-0.4, -0.2) is 0 Å². The number of halogens is 2. The Labute approximate surface area is 203 Å². The van der Waals surface area contributed by atoms with Crippen LogP contribution in [0.15, 0.2) is 118 Å². The fourth-order valence-electron chi connectivity index (χ4n) is 4.85. The van der Waals surface area contributed by atoms with Crippen molar-refractivity contribution in [2.45, 2.75) is 0 Å². The Kier molecular flexibility index (Phi) is 4.86. The van der Waals surface area contributed by atoms with Crippen molar-refractivity contribution in [2.75, 3.05) is 0 Å². The highest BCUT2D eigenvalue weighted by Gasteiger charge is 2.22. The second kappa shape index (κ2) is 7.88. The minimum absolute atomic E-state index is 1.08. The lowest BCUT2D eigenvalue weighted by atomic mass is 9.85. The van der Waals surface area contributed by atoms with E-state index in [0.717, 1.165) is 8.95 Å². The molecule has 0 aliphatic heterocycles. The third-order valence-electron chi connectivity index (χ3n) is 6.19. The molecule has 0 nitrogen and oxygen atoms in total. The lowest BCUT2D eigenvalue weighted by Gasteiger charge is -2.21. The Bertz CT molecular complexity index is 1490. The van der Waals surface area contributed by atoms with Gasteiger partial charge in [-0.05, 0) is 75.3 Å². The van der Waals surface area contributed by atoms with Crippen LogP contribution in [0.4, 0.5) is 0 Å². The van der Waals surface area contributed by atoms with E-state index < -0.39 is 0 Å². The Balaban J connectivity index is 1.98. The van der Waals surface area contributed by atoms with Crippen LogP contribution in [0, 0.1) is 0 Å². The van der Waals surface area contributed by atoms with Crippen LogP contribution in [0.2, 0.25) is 0 Å². The van der Waals surface area contributed by atoms with Crippen LogP contribution >= 0.6 is 31.9 Å². The predicted octanol–water partition coefficient (Wildman–Crippen LogP) is 10.0. The van der Waals surface area contributed by atoms with Gasteiger partial charge in [0.15, 0.2) is 0 Å². The summed E-state index contributed by atoms with van der Waals surface area (Å²) in [5, 5.41) is 7.65. The van der Waals surface area contributed by atoms with Crippen LogP contribution in [0.1, 0.15) is 0 Å². The minimum atomic E-state index is 1.08. The van der Waals surface area contributed by atoms with E-state index in [-0.39, 0.29) is 0 Å². The first kappa shape index (κ1) is 19.7. The van der Waals surface area contributed by atoms with Crippen LogP contribution < -0.4 is 0 Å². The molecule has 0 aliphatic rings. The third-order valence-corrected chi connectivity index (χ3v) is 8.31. The SMILES string of the molecule is Brc1c(Br)c(-c2ccccc2)c2c3ccccc3c3ccccc3c2c1-c1ccccc1. The van der Waals surface area contributed by atoms with Gasteiger partial charge in [-0.25, -0.2) is 0 Å². The van der Waals surface area contributed by atoms with Crippen molar-refractivity contribution in [3.8, 4) is 22.3 Å². The highest BCUT2D eigenvalue weighted by atomic mass is 79.9. The zero-order valence-electron chi connectivity index (χ0n) is 17.1. The van der Waals surface area contributed by atoms with Crippen molar-refractivity contribution in [3.63, 3.8) is 0 Å². The van der Waals surface area contributed by atoms with Gasteiger partial charge in [0.1, 0.15) is 0 Å². The molecule has 0 amide bonds. The Morgan fingerprint density at radius 3 is 1.03 bits per heavy atom. The van der Waals surface area contributed by atoms with Gasteiger partial charge in [0.25, 0.3) is 0 Å². The molecule has 0 aliphatic carbocycles. The van der Waals surface area contributed by atoms with Gasteiger partial charge in [-0.3, -0.25) is 0 Å². The first-order chi connectivity index (χ1) is 15.8. The van der Waals surface area contributed by atoms with Crippen molar-refractivity contribution < 1.29 is 0 Å². The fourth-order valence-corrected chi connectivity index (χ4v) is 6.10. The fraction of sp³-hybridized carbons (Fsp3) is 0. The second-order valence-electron chi connectivity index (χ2n) is 7.95. The van der Waals surface area contributed by atoms with Crippen LogP contribution in [0.25, 0.3) is 54.6 Å². The average molecular weight is 538 g/mol. The van der Waals surface area contributed by atoms with Crippen LogP contribution in [0.5, 0.6) is 0 Å². The molecule has 6 aromatic rings. The molecule has 0 heterocycles. The van der Waals surface area contributed by atoms with Crippen molar-refractivity contribution in [3.05, 3.63) is 118 Å². The maximum absolute atomic E-state index is 3.99. The molecule has 0 radical (unpaired) electrons. The van der Waals surface area contributed by atoms with Gasteiger partial charge < -0.3 is 0 Å². The molecule has 0 atom stereocenters. The predicted molar refractivity (Wildman–Crippen MR) is 145 cm³/mol. The zero-order valence-corrected chi connectivity index (χ0v) is 20.3. The van der Waals surface area contributed by atoms with Crippen molar-refractivity contribution >= 4 is 64.2 Å². The zero-order chi connectivity index (χ0) is 21.7. The Hall–Kier alpha value is -2.94. The molecule has 0 saturated carbocycles. The van der Waals surface area contributed by atoms with E-state index in [4.69, 9.17) is 0 Å². The summed E-state index contributed by atoms with van der Waals surface area (Å²) in [6.07, 6.45) is 0. The standard InChI is InChI=1S/C30H18Br2/c31-29-25(19-11-3-1-4-12-19)27-23-17-9-7-15-21(23)22-16-8-10-18-24(22)28(27)26(30(29)32)20-13-5-2-6-14-20/h1-18H. The Morgan fingerprint density at radius 2 is 0.656 bits per heavy atom. The lowest BCUT2D eigenvalue weighted by molar-refractivity contribution is 1.58. The summed E-state index contributed by atoms with van der Waals surface area (Å²) in [6, 6.07) is 38.9. The van der Waals surface area contributed by atoms with Gasteiger partial charge >= 0.3 is 0 Å². The summed E-state index contributed by atoms with van der Waals surface area (Å²) in [5.74, 6) is 0. The van der Waals surface area contributed by atoms with Crippen LogP contribution in [0.3, 0.4) is 0 Å². The molecule has 0 aromatic heterocycles. The van der Waals surface area contributed by atoms with E-state index in [1.54, 1.807) is 0 Å². The summed E-state index contributed by atoms with van der Waals surface area (Å²) in [5.41, 5.74) is 4.83. The molecule has 32 heavy (non-hydrogen) atoms. The van der Waals surface area contributed by atoms with E-state index in [2.05, 4.69) is 141 Å². The first-order valence-corrected chi connectivity index (χ1v) is 12.2. The van der Waals surface area contributed by atoms with Gasteiger partial charge in [0.05, 0.1) is 0 Å². The second-order valence-corrected chi connectivity index (χ2v) is 9.54.